The number of anilines is 1. The normalized spacial score (nSPS) is 17.0. The first kappa shape index (κ1) is 17.6. The van der Waals surface area contributed by atoms with Gasteiger partial charge in [0.25, 0.3) is 0 Å². The van der Waals surface area contributed by atoms with Crippen molar-refractivity contribution in [3.8, 4) is 17.2 Å². The molecule has 0 saturated carbocycles. The topological polar surface area (TPSA) is 89.8 Å². The SMILES string of the molecule is O=C1C[C@H](c2ccc3c(c2)OCO3)c2c(c(C(=O)O)cn2-c2cccc(Cl)c2)N1. The van der Waals surface area contributed by atoms with Gasteiger partial charge >= 0.3 is 5.97 Å². The van der Waals surface area contributed by atoms with Crippen LogP contribution in [-0.4, -0.2) is 28.3 Å². The molecule has 1 aromatic heterocycles. The Bertz CT molecular complexity index is 1170. The van der Waals surface area contributed by atoms with Gasteiger partial charge in [-0.1, -0.05) is 23.7 Å². The minimum atomic E-state index is -1.12. The van der Waals surface area contributed by atoms with Crippen LogP contribution in [0.25, 0.3) is 5.69 Å². The van der Waals surface area contributed by atoms with E-state index in [1.165, 1.54) is 6.20 Å². The van der Waals surface area contributed by atoms with Crippen LogP contribution in [0.2, 0.25) is 5.02 Å². The lowest BCUT2D eigenvalue weighted by molar-refractivity contribution is -0.116. The van der Waals surface area contributed by atoms with E-state index >= 15 is 0 Å². The quantitative estimate of drug-likeness (QED) is 0.680. The summed E-state index contributed by atoms with van der Waals surface area (Å²) in [7, 11) is 0. The molecule has 3 aromatic rings. The zero-order chi connectivity index (χ0) is 20.1. The van der Waals surface area contributed by atoms with Crippen molar-refractivity contribution in [2.24, 2.45) is 0 Å². The number of carboxylic acids is 1. The lowest BCUT2D eigenvalue weighted by atomic mass is 9.88. The van der Waals surface area contributed by atoms with E-state index in [2.05, 4.69) is 5.32 Å². The number of nitrogens with zero attached hydrogens (tertiary/aromatic N) is 1. The second-order valence-corrected chi connectivity index (χ2v) is 7.31. The summed E-state index contributed by atoms with van der Waals surface area (Å²) in [6.45, 7) is 0.150. The van der Waals surface area contributed by atoms with Crippen LogP contribution in [0.5, 0.6) is 11.5 Å². The molecule has 1 amide bonds. The Morgan fingerprint density at radius 1 is 1.17 bits per heavy atom. The summed E-state index contributed by atoms with van der Waals surface area (Å²) >= 11 is 6.16. The number of carbonyl (C=O) groups is 2. The molecule has 0 radical (unpaired) electrons. The van der Waals surface area contributed by atoms with Gasteiger partial charge in [-0.25, -0.2) is 4.79 Å². The average Bonchev–Trinajstić information content (AvgIpc) is 3.31. The van der Waals surface area contributed by atoms with Gasteiger partial charge in [-0.15, -0.1) is 0 Å². The molecule has 2 aliphatic rings. The van der Waals surface area contributed by atoms with Crippen molar-refractivity contribution >= 4 is 29.2 Å². The number of ether oxygens (including phenoxy) is 2. The summed E-state index contributed by atoms with van der Waals surface area (Å²) in [5.41, 5.74) is 2.56. The van der Waals surface area contributed by atoms with E-state index in [1.54, 1.807) is 28.8 Å². The van der Waals surface area contributed by atoms with E-state index in [1.807, 2.05) is 18.2 Å². The molecule has 7 nitrogen and oxygen atoms in total. The van der Waals surface area contributed by atoms with Crippen molar-refractivity contribution in [1.29, 1.82) is 0 Å². The predicted molar refractivity (Wildman–Crippen MR) is 105 cm³/mol. The van der Waals surface area contributed by atoms with Gasteiger partial charge in [0.15, 0.2) is 11.5 Å². The molecule has 0 aliphatic carbocycles. The summed E-state index contributed by atoms with van der Waals surface area (Å²) in [6, 6.07) is 12.6. The van der Waals surface area contributed by atoms with Gasteiger partial charge in [0.1, 0.15) is 5.56 Å². The number of nitrogens with one attached hydrogen (secondary N) is 1. The first-order valence-corrected chi connectivity index (χ1v) is 9.33. The van der Waals surface area contributed by atoms with E-state index < -0.39 is 5.97 Å². The Labute approximate surface area is 170 Å². The molecule has 8 heteroatoms. The first-order chi connectivity index (χ1) is 14.0. The van der Waals surface area contributed by atoms with Crippen LogP contribution in [0.3, 0.4) is 0 Å². The number of aromatic nitrogens is 1. The highest BCUT2D eigenvalue weighted by atomic mass is 35.5. The van der Waals surface area contributed by atoms with Gasteiger partial charge in [0.2, 0.25) is 12.7 Å². The Hall–Kier alpha value is -3.45. The maximum Gasteiger partial charge on any atom is 0.339 e. The molecule has 1 atom stereocenters. The molecular weight excluding hydrogens is 396 g/mol. The minimum Gasteiger partial charge on any atom is -0.478 e. The number of hydrogen-bond donors (Lipinski definition) is 2. The van der Waals surface area contributed by atoms with Crippen LogP contribution >= 0.6 is 11.6 Å². The molecule has 2 aromatic carbocycles. The van der Waals surface area contributed by atoms with Crippen molar-refractivity contribution in [3.05, 3.63) is 70.5 Å². The molecule has 146 valence electrons. The van der Waals surface area contributed by atoms with E-state index in [-0.39, 0.29) is 30.6 Å². The molecule has 5 rings (SSSR count). The second-order valence-electron chi connectivity index (χ2n) is 6.88. The van der Waals surface area contributed by atoms with Crippen molar-refractivity contribution in [2.45, 2.75) is 12.3 Å². The molecule has 29 heavy (non-hydrogen) atoms. The zero-order valence-electron chi connectivity index (χ0n) is 15.0. The Kier molecular flexibility index (Phi) is 3.99. The monoisotopic (exact) mass is 410 g/mol. The third-order valence-corrected chi connectivity index (χ3v) is 5.38. The van der Waals surface area contributed by atoms with E-state index in [9.17, 15) is 14.7 Å². The third kappa shape index (κ3) is 2.91. The largest absolute Gasteiger partial charge is 0.478 e. The first-order valence-electron chi connectivity index (χ1n) is 8.95. The molecule has 0 spiro atoms. The number of halogens is 1. The van der Waals surface area contributed by atoms with Crippen LogP contribution < -0.4 is 14.8 Å². The molecule has 2 N–H and O–H groups in total. The standard InChI is InChI=1S/C21H15ClN2O5/c22-12-2-1-3-13(7-12)24-9-15(21(26)27)19-20(24)14(8-18(25)23-19)11-4-5-16-17(6-11)29-10-28-16/h1-7,9,14H,8,10H2,(H,23,25)(H,26,27)/t14-/m1/s1. The molecule has 0 fully saturated rings. The highest BCUT2D eigenvalue weighted by molar-refractivity contribution is 6.30. The second kappa shape index (κ2) is 6.56. The summed E-state index contributed by atoms with van der Waals surface area (Å²) in [5, 5.41) is 13.0. The fourth-order valence-corrected chi connectivity index (χ4v) is 4.06. The van der Waals surface area contributed by atoms with Crippen molar-refractivity contribution in [1.82, 2.24) is 4.57 Å². The van der Waals surface area contributed by atoms with Gasteiger partial charge < -0.3 is 24.5 Å². The van der Waals surface area contributed by atoms with Crippen molar-refractivity contribution in [3.63, 3.8) is 0 Å². The highest BCUT2D eigenvalue weighted by Gasteiger charge is 2.35. The Balaban J connectivity index is 1.73. The van der Waals surface area contributed by atoms with Gasteiger partial charge in [-0.2, -0.15) is 0 Å². The Morgan fingerprint density at radius 3 is 2.79 bits per heavy atom. The zero-order valence-corrected chi connectivity index (χ0v) is 15.8. The lowest BCUT2D eigenvalue weighted by Crippen LogP contribution is -2.25. The fourth-order valence-electron chi connectivity index (χ4n) is 3.87. The smallest absolute Gasteiger partial charge is 0.339 e. The number of carbonyl (C=O) groups excluding carboxylic acids is 1. The van der Waals surface area contributed by atoms with E-state index in [4.69, 9.17) is 21.1 Å². The number of benzene rings is 2. The van der Waals surface area contributed by atoms with Crippen LogP contribution in [0, 0.1) is 0 Å². The number of carboxylic acid groups (broad SMARTS) is 1. The average molecular weight is 411 g/mol. The molecule has 0 bridgehead atoms. The van der Waals surface area contributed by atoms with Gasteiger partial charge in [-0.05, 0) is 35.9 Å². The predicted octanol–water partition coefficient (Wildman–Crippen LogP) is 4.03. The molecule has 0 unspecified atom stereocenters. The number of fused-ring (bicyclic) bond motifs is 2. The summed E-state index contributed by atoms with van der Waals surface area (Å²) in [6.07, 6.45) is 1.69. The van der Waals surface area contributed by atoms with E-state index in [0.29, 0.717) is 33.6 Å². The summed E-state index contributed by atoms with van der Waals surface area (Å²) in [5.74, 6) is -0.472. The van der Waals surface area contributed by atoms with E-state index in [0.717, 1.165) is 5.56 Å². The Morgan fingerprint density at radius 2 is 2.00 bits per heavy atom. The number of aromatic carboxylic acids is 1. The number of amides is 1. The maximum absolute atomic E-state index is 12.4. The number of rotatable bonds is 3. The molecule has 0 saturated heterocycles. The van der Waals surface area contributed by atoms with Crippen LogP contribution in [-0.2, 0) is 4.79 Å². The third-order valence-electron chi connectivity index (χ3n) is 5.14. The maximum atomic E-state index is 12.4. The highest BCUT2D eigenvalue weighted by Crippen LogP contribution is 2.44. The van der Waals surface area contributed by atoms with Crippen molar-refractivity contribution < 1.29 is 24.2 Å². The van der Waals surface area contributed by atoms with Crippen LogP contribution in [0.15, 0.2) is 48.7 Å². The van der Waals surface area contributed by atoms with Gasteiger partial charge in [-0.3, -0.25) is 4.79 Å². The summed E-state index contributed by atoms with van der Waals surface area (Å²) < 4.78 is 12.6. The summed E-state index contributed by atoms with van der Waals surface area (Å²) in [4.78, 5) is 24.3. The van der Waals surface area contributed by atoms with Crippen LogP contribution in [0.4, 0.5) is 5.69 Å². The minimum absolute atomic E-state index is 0.0266. The van der Waals surface area contributed by atoms with Crippen molar-refractivity contribution in [2.75, 3.05) is 12.1 Å². The fraction of sp³-hybridized carbons (Fsp3) is 0.143. The molecule has 3 heterocycles. The molecule has 2 aliphatic heterocycles. The molecular formula is C21H15ClN2O5. The van der Waals surface area contributed by atoms with Crippen LogP contribution in [0.1, 0.15) is 34.0 Å². The van der Waals surface area contributed by atoms with Gasteiger partial charge in [0.05, 0.1) is 11.4 Å². The number of hydrogen-bond acceptors (Lipinski definition) is 4. The lowest BCUT2D eigenvalue weighted by Gasteiger charge is -2.26. The van der Waals surface area contributed by atoms with Gasteiger partial charge in [0, 0.05) is 29.2 Å².